The number of ether oxygens (including phenoxy) is 9. The van der Waals surface area contributed by atoms with Gasteiger partial charge in [0.2, 0.25) is 0 Å². The summed E-state index contributed by atoms with van der Waals surface area (Å²) in [5.41, 5.74) is -2.60. The summed E-state index contributed by atoms with van der Waals surface area (Å²) in [5, 5.41) is 45.2. The van der Waals surface area contributed by atoms with Crippen molar-refractivity contribution in [2.75, 3.05) is 7.11 Å². The van der Waals surface area contributed by atoms with Gasteiger partial charge in [-0.25, -0.2) is 4.79 Å². The van der Waals surface area contributed by atoms with Crippen LogP contribution in [0.15, 0.2) is 48.1 Å². The zero-order valence-corrected chi connectivity index (χ0v) is 40.5. The summed E-state index contributed by atoms with van der Waals surface area (Å²) in [4.78, 5) is 53.9. The van der Waals surface area contributed by atoms with Gasteiger partial charge in [0, 0.05) is 58.1 Å². The number of allylic oxidation sites excluding steroid dienone is 1. The van der Waals surface area contributed by atoms with Crippen LogP contribution in [0.4, 0.5) is 0 Å². The molecule has 6 aliphatic rings. The molecule has 3 saturated heterocycles. The van der Waals surface area contributed by atoms with E-state index in [1.807, 2.05) is 43.3 Å². The maximum absolute atomic E-state index is 14.1. The van der Waals surface area contributed by atoms with Gasteiger partial charge in [-0.2, -0.15) is 0 Å². The summed E-state index contributed by atoms with van der Waals surface area (Å²) in [6.45, 7) is 11.6. The summed E-state index contributed by atoms with van der Waals surface area (Å²) in [6, 6.07) is 9.15. The van der Waals surface area contributed by atoms with Crippen LogP contribution in [0.2, 0.25) is 0 Å². The van der Waals surface area contributed by atoms with Gasteiger partial charge < -0.3 is 63.1 Å². The van der Waals surface area contributed by atoms with Crippen molar-refractivity contribution in [1.29, 1.82) is 0 Å². The molecule has 3 aliphatic carbocycles. The van der Waals surface area contributed by atoms with Crippen molar-refractivity contribution in [1.82, 2.24) is 0 Å². The second-order valence-electron chi connectivity index (χ2n) is 20.2. The van der Waals surface area contributed by atoms with E-state index in [0.717, 1.165) is 11.1 Å². The number of hydrogen-bond donors (Lipinski definition) is 4. The first kappa shape index (κ1) is 52.4. The van der Waals surface area contributed by atoms with E-state index < -0.39 is 120 Å². The molecule has 17 nitrogen and oxygen atoms in total. The van der Waals surface area contributed by atoms with Gasteiger partial charge in [-0.1, -0.05) is 48.9 Å². The van der Waals surface area contributed by atoms with Crippen LogP contribution in [0.1, 0.15) is 118 Å². The molecular formula is C51H72O17. The molecule has 5 fully saturated rings. The minimum atomic E-state index is -1.90. The highest BCUT2D eigenvalue weighted by Gasteiger charge is 2.66. The summed E-state index contributed by atoms with van der Waals surface area (Å²) in [6.07, 6.45) is -4.82. The van der Waals surface area contributed by atoms with E-state index in [1.54, 1.807) is 33.8 Å². The van der Waals surface area contributed by atoms with Crippen molar-refractivity contribution in [3.05, 3.63) is 53.6 Å². The van der Waals surface area contributed by atoms with Gasteiger partial charge in [0.25, 0.3) is 0 Å². The predicted molar refractivity (Wildman–Crippen MR) is 242 cm³/mol. The van der Waals surface area contributed by atoms with Crippen molar-refractivity contribution in [3.8, 4) is 0 Å². The zero-order valence-electron chi connectivity index (χ0n) is 40.5. The van der Waals surface area contributed by atoms with Crippen molar-refractivity contribution in [2.45, 2.75) is 210 Å². The van der Waals surface area contributed by atoms with Gasteiger partial charge in [0.05, 0.1) is 48.1 Å². The number of ketones is 2. The first-order valence-electron chi connectivity index (χ1n) is 24.2. The van der Waals surface area contributed by atoms with Crippen LogP contribution in [-0.4, -0.2) is 149 Å². The lowest BCUT2D eigenvalue weighted by Gasteiger charge is -2.51. The Kier molecular flexibility index (Phi) is 16.5. The number of Topliss-reactive ketones (excluding diaryl/α,β-unsaturated/α-hetero) is 2. The summed E-state index contributed by atoms with van der Waals surface area (Å²) in [5.74, 6) is -2.53. The monoisotopic (exact) mass is 956 g/mol. The fraction of sp³-hybridized carbons (Fsp3) is 0.725. The molecule has 0 aromatic heterocycles. The largest absolute Gasteiger partial charge is 0.460 e. The van der Waals surface area contributed by atoms with E-state index >= 15 is 0 Å². The Morgan fingerprint density at radius 2 is 1.46 bits per heavy atom. The lowest BCUT2D eigenvalue weighted by atomic mass is 9.56. The molecule has 68 heavy (non-hydrogen) atoms. The molecule has 19 atom stereocenters. The van der Waals surface area contributed by atoms with Gasteiger partial charge in [-0.3, -0.25) is 14.4 Å². The molecule has 1 aromatic carbocycles. The third kappa shape index (κ3) is 10.9. The van der Waals surface area contributed by atoms with Gasteiger partial charge in [0.1, 0.15) is 47.7 Å². The second kappa shape index (κ2) is 21.5. The Hall–Kier alpha value is -3.46. The number of esters is 2. The summed E-state index contributed by atoms with van der Waals surface area (Å²) >= 11 is 0. The van der Waals surface area contributed by atoms with Crippen molar-refractivity contribution in [2.24, 2.45) is 16.7 Å². The molecule has 4 N–H and O–H groups in total. The van der Waals surface area contributed by atoms with Crippen LogP contribution in [0.25, 0.3) is 6.08 Å². The van der Waals surface area contributed by atoms with E-state index in [-0.39, 0.29) is 62.6 Å². The average Bonchev–Trinajstić information content (AvgIpc) is 3.53. The van der Waals surface area contributed by atoms with Gasteiger partial charge in [-0.05, 0) is 83.8 Å². The number of carbonyl (C=O) groups is 4. The molecule has 3 heterocycles. The number of fused-ring (bicyclic) bond motifs is 1. The number of rotatable bonds is 15. The van der Waals surface area contributed by atoms with Crippen LogP contribution >= 0.6 is 0 Å². The Morgan fingerprint density at radius 1 is 0.853 bits per heavy atom. The van der Waals surface area contributed by atoms with Crippen LogP contribution < -0.4 is 0 Å². The molecule has 3 aliphatic heterocycles. The highest BCUT2D eigenvalue weighted by atomic mass is 16.7. The minimum Gasteiger partial charge on any atom is -0.460 e. The second-order valence-corrected chi connectivity index (χ2v) is 20.2. The minimum absolute atomic E-state index is 0.0272. The third-order valence-electron chi connectivity index (χ3n) is 15.9. The topological polar surface area (TPSA) is 232 Å². The van der Waals surface area contributed by atoms with Gasteiger partial charge in [0.15, 0.2) is 18.9 Å². The van der Waals surface area contributed by atoms with E-state index in [2.05, 4.69) is 0 Å². The average molecular weight is 957 g/mol. The molecule has 0 bridgehead atoms. The lowest BCUT2D eigenvalue weighted by Crippen LogP contribution is -2.61. The Morgan fingerprint density at radius 3 is 2.06 bits per heavy atom. The number of benzene rings is 1. The predicted octanol–water partition coefficient (Wildman–Crippen LogP) is 4.42. The molecule has 0 amide bonds. The van der Waals surface area contributed by atoms with Crippen LogP contribution in [0.5, 0.6) is 0 Å². The van der Waals surface area contributed by atoms with E-state index in [9.17, 15) is 39.6 Å². The molecule has 2 saturated carbocycles. The molecule has 7 rings (SSSR count). The van der Waals surface area contributed by atoms with Crippen molar-refractivity contribution >= 4 is 29.6 Å². The maximum atomic E-state index is 14.1. The Balaban J connectivity index is 0.983. The molecule has 0 spiro atoms. The Bertz CT molecular complexity index is 1990. The van der Waals surface area contributed by atoms with E-state index in [4.69, 9.17) is 42.6 Å². The van der Waals surface area contributed by atoms with E-state index in [0.29, 0.717) is 19.3 Å². The first-order valence-corrected chi connectivity index (χ1v) is 24.2. The first-order chi connectivity index (χ1) is 32.2. The normalized spacial score (nSPS) is 42.0. The number of hydrogen-bond acceptors (Lipinski definition) is 17. The third-order valence-corrected chi connectivity index (χ3v) is 15.9. The highest BCUT2D eigenvalue weighted by molar-refractivity contribution is 5.92. The molecule has 378 valence electrons. The fourth-order valence-corrected chi connectivity index (χ4v) is 11.7. The lowest BCUT2D eigenvalue weighted by molar-refractivity contribution is -0.336. The van der Waals surface area contributed by atoms with Crippen molar-refractivity contribution in [3.63, 3.8) is 0 Å². The van der Waals surface area contributed by atoms with Gasteiger partial charge >= 0.3 is 11.9 Å². The quantitative estimate of drug-likeness (QED) is 0.108. The van der Waals surface area contributed by atoms with Crippen molar-refractivity contribution < 1.29 is 82.2 Å². The SMILES string of the molecule is CO[C@@H]1C[C@H](O[C@H]2[C@@H](O)C[C@H](O[C@H]3[C@@H](O)C[C@H](O[C@H]4CC[C@@]5(C)C(=CCC(=O)[C@@H]5C[C@@H](OC(=O)/C=C/c5ccccc5)[C@@]5(C)C(=O)CC[C@]5(O)[C@H](C)OC(C)=O)C4)O[C@@H]3C)O[C@@H]2C)O[C@H](C)[C@H]1O. The molecule has 0 unspecified atom stereocenters. The molecule has 1 aromatic rings. The van der Waals surface area contributed by atoms with Crippen LogP contribution in [-0.2, 0) is 61.8 Å². The summed E-state index contributed by atoms with van der Waals surface area (Å²) < 4.78 is 54.2. The number of aliphatic hydroxyl groups excluding tert-OH is 3. The molecule has 17 heteroatoms. The van der Waals surface area contributed by atoms with E-state index in [1.165, 1.54) is 27.0 Å². The van der Waals surface area contributed by atoms with Crippen LogP contribution in [0, 0.1) is 16.7 Å². The molecule has 0 radical (unpaired) electrons. The standard InChI is InChI=1S/C51H72O17/c1-27-46(58)39(60-8)26-45(61-27)68-48-29(3)63-44(25-38(48)55)67-47-28(2)62-43(24-37(47)54)65-34-18-20-49(6)33(22-34)15-16-36(53)35(49)23-41(66-42(57)17-14-32-12-10-9-11-13-32)50(7)40(56)19-21-51(50,59)30(4)64-31(5)52/h9-15,17,27-30,34-35,37-39,41,43-48,54-55,58-59H,16,18-26H2,1-8H3/b17-14+/t27-,28-,29-,30+,34+,35+,37+,38+,39-,41-,43+,44+,45+,46-,47-,48-,49+,50-,51+/m1/s1. The fourth-order valence-electron chi connectivity index (χ4n) is 11.7. The number of methoxy groups -OCH3 is 1. The highest BCUT2D eigenvalue weighted by Crippen LogP contribution is 2.56. The molecular weight excluding hydrogens is 885 g/mol. The smallest absolute Gasteiger partial charge is 0.331 e. The van der Waals surface area contributed by atoms with Gasteiger partial charge in [-0.15, -0.1) is 0 Å². The summed E-state index contributed by atoms with van der Waals surface area (Å²) in [7, 11) is 1.51. The number of aliphatic hydroxyl groups is 4. The Labute approximate surface area is 398 Å². The zero-order chi connectivity index (χ0) is 49.3. The maximum Gasteiger partial charge on any atom is 0.331 e. The van der Waals surface area contributed by atoms with Crippen LogP contribution in [0.3, 0.4) is 0 Å². The number of carbonyl (C=O) groups excluding carboxylic acids is 4.